The number of hydroxylamine groups is 2. The van der Waals surface area contributed by atoms with Crippen LogP contribution in [0.3, 0.4) is 0 Å². The van der Waals surface area contributed by atoms with Gasteiger partial charge in [0.25, 0.3) is 0 Å². The number of aliphatic hydroxyl groups excluding tert-OH is 8. The Morgan fingerprint density at radius 1 is 0.906 bits per heavy atom. The maximum absolute atomic E-state index is 11.6. The van der Waals surface area contributed by atoms with Crippen LogP contribution in [0.5, 0.6) is 0 Å². The molecule has 2 saturated heterocycles. The molecule has 14 heteroatoms. The van der Waals surface area contributed by atoms with Crippen LogP contribution in [-0.2, 0) is 14.3 Å². The van der Waals surface area contributed by atoms with E-state index >= 15 is 0 Å². The summed E-state index contributed by atoms with van der Waals surface area (Å²) in [5, 5.41) is 92.6. The van der Waals surface area contributed by atoms with E-state index in [1.165, 1.54) is 0 Å². The molecule has 0 amide bonds. The molecule has 0 bridgehead atoms. The first-order valence-electron chi connectivity index (χ1n) is 10.3. The summed E-state index contributed by atoms with van der Waals surface area (Å²) in [7, 11) is 0. The van der Waals surface area contributed by atoms with E-state index in [1.807, 2.05) is 0 Å². The van der Waals surface area contributed by atoms with Crippen molar-refractivity contribution >= 4 is 6.29 Å². The lowest BCUT2D eigenvalue weighted by molar-refractivity contribution is -0.428. The SMILES string of the molecule is NCCCC[C@@H]([C]=O)N(O)C1(C2O[C@H](CO)[C@@H](O)[C@H](O)[C@H]2O)O[C@H](CO)[C@H](O)[C@H](O)[C@H]1O. The van der Waals surface area contributed by atoms with Crippen LogP contribution in [0.25, 0.3) is 0 Å². The second-order valence-corrected chi connectivity index (χ2v) is 8.03. The third kappa shape index (κ3) is 4.83. The molecule has 2 unspecified atom stereocenters. The molecule has 187 valence electrons. The first kappa shape index (κ1) is 27.4. The molecule has 0 spiro atoms. The number of carbonyl (C=O) groups excluding carboxylic acids is 1. The Bertz CT molecular complexity index is 598. The van der Waals surface area contributed by atoms with E-state index in [-0.39, 0.29) is 18.0 Å². The predicted molar refractivity (Wildman–Crippen MR) is 102 cm³/mol. The Morgan fingerprint density at radius 3 is 2.03 bits per heavy atom. The van der Waals surface area contributed by atoms with Crippen LogP contribution in [0.2, 0.25) is 0 Å². The summed E-state index contributed by atoms with van der Waals surface area (Å²) in [6.07, 6.45) is -14.8. The van der Waals surface area contributed by atoms with Crippen molar-refractivity contribution < 1.29 is 60.3 Å². The van der Waals surface area contributed by atoms with Crippen molar-refractivity contribution in [3.63, 3.8) is 0 Å². The average Bonchev–Trinajstić information content (AvgIpc) is 2.79. The highest BCUT2D eigenvalue weighted by atomic mass is 16.7. The molecule has 0 aliphatic carbocycles. The number of rotatable bonds is 10. The molecule has 1 radical (unpaired) electrons. The van der Waals surface area contributed by atoms with Crippen molar-refractivity contribution in [2.45, 2.75) is 86.0 Å². The van der Waals surface area contributed by atoms with Gasteiger partial charge in [-0.05, 0) is 19.4 Å². The van der Waals surface area contributed by atoms with Crippen molar-refractivity contribution in [1.82, 2.24) is 5.06 Å². The fourth-order valence-electron chi connectivity index (χ4n) is 4.13. The Kier molecular flexibility index (Phi) is 9.87. The Balaban J connectivity index is 2.57. The monoisotopic (exact) mass is 469 g/mol. The van der Waals surface area contributed by atoms with Gasteiger partial charge in [0.05, 0.1) is 13.2 Å². The van der Waals surface area contributed by atoms with E-state index in [1.54, 1.807) is 6.29 Å². The maximum Gasteiger partial charge on any atom is 0.219 e. The normalized spacial score (nSPS) is 43.9. The van der Waals surface area contributed by atoms with Crippen molar-refractivity contribution in [3.05, 3.63) is 0 Å². The molecular weight excluding hydrogens is 436 g/mol. The molecule has 0 aromatic rings. The zero-order valence-corrected chi connectivity index (χ0v) is 17.3. The lowest BCUT2D eigenvalue weighted by Gasteiger charge is -2.57. The summed E-state index contributed by atoms with van der Waals surface area (Å²) in [6, 6.07) is -1.52. The molecule has 0 aromatic heterocycles. The summed E-state index contributed by atoms with van der Waals surface area (Å²) in [4.78, 5) is 11.6. The number of aliphatic hydroxyl groups is 8. The lowest BCUT2D eigenvalue weighted by Crippen LogP contribution is -2.80. The van der Waals surface area contributed by atoms with E-state index in [0.29, 0.717) is 12.8 Å². The van der Waals surface area contributed by atoms with Crippen LogP contribution < -0.4 is 5.73 Å². The molecule has 11 N–H and O–H groups in total. The minimum Gasteiger partial charge on any atom is -0.394 e. The van der Waals surface area contributed by atoms with Crippen LogP contribution in [-0.4, -0.2) is 144 Å². The Morgan fingerprint density at radius 2 is 1.50 bits per heavy atom. The predicted octanol–water partition coefficient (Wildman–Crippen LogP) is -5.70. The van der Waals surface area contributed by atoms with Gasteiger partial charge in [-0.25, -0.2) is 0 Å². The third-order valence-electron chi connectivity index (χ3n) is 6.02. The van der Waals surface area contributed by atoms with E-state index in [0.717, 1.165) is 0 Å². The topological polar surface area (TPSA) is 247 Å². The molecule has 14 nitrogen and oxygen atoms in total. The number of nitrogens with two attached hydrogens (primary N) is 1. The smallest absolute Gasteiger partial charge is 0.219 e. The third-order valence-corrected chi connectivity index (χ3v) is 6.02. The van der Waals surface area contributed by atoms with Crippen LogP contribution >= 0.6 is 0 Å². The molecule has 2 aliphatic heterocycles. The Hall–Kier alpha value is -0.850. The molecule has 2 rings (SSSR count). The molecule has 11 atom stereocenters. The van der Waals surface area contributed by atoms with Gasteiger partial charge in [0.1, 0.15) is 61.0 Å². The largest absolute Gasteiger partial charge is 0.394 e. The van der Waals surface area contributed by atoms with Gasteiger partial charge in [0, 0.05) is 0 Å². The minimum atomic E-state index is -2.75. The highest BCUT2D eigenvalue weighted by Gasteiger charge is 2.66. The van der Waals surface area contributed by atoms with Gasteiger partial charge >= 0.3 is 0 Å². The average molecular weight is 469 g/mol. The van der Waals surface area contributed by atoms with Gasteiger partial charge in [-0.3, -0.25) is 4.79 Å². The lowest BCUT2D eigenvalue weighted by atomic mass is 9.80. The van der Waals surface area contributed by atoms with Crippen LogP contribution in [0.1, 0.15) is 19.3 Å². The summed E-state index contributed by atoms with van der Waals surface area (Å²) in [5.74, 6) is 0. The second-order valence-electron chi connectivity index (χ2n) is 8.03. The molecule has 0 saturated carbocycles. The first-order chi connectivity index (χ1) is 15.1. The van der Waals surface area contributed by atoms with Crippen LogP contribution in [0, 0.1) is 0 Å². The molecule has 32 heavy (non-hydrogen) atoms. The fourth-order valence-corrected chi connectivity index (χ4v) is 4.13. The van der Waals surface area contributed by atoms with Gasteiger partial charge in [-0.15, -0.1) is 5.06 Å². The second kappa shape index (κ2) is 11.5. The zero-order chi connectivity index (χ0) is 24.2. The van der Waals surface area contributed by atoms with Crippen molar-refractivity contribution in [2.24, 2.45) is 5.73 Å². The van der Waals surface area contributed by atoms with Gasteiger partial charge in [0.15, 0.2) is 0 Å². The number of nitrogens with zero attached hydrogens (tertiary/aromatic N) is 1. The van der Waals surface area contributed by atoms with Crippen LogP contribution in [0.4, 0.5) is 0 Å². The highest BCUT2D eigenvalue weighted by Crippen LogP contribution is 2.42. The summed E-state index contributed by atoms with van der Waals surface area (Å²) >= 11 is 0. The van der Waals surface area contributed by atoms with Crippen molar-refractivity contribution in [1.29, 1.82) is 0 Å². The zero-order valence-electron chi connectivity index (χ0n) is 17.3. The van der Waals surface area contributed by atoms with Gasteiger partial charge in [-0.1, -0.05) is 6.42 Å². The van der Waals surface area contributed by atoms with E-state index in [4.69, 9.17) is 15.2 Å². The molecule has 2 aliphatic rings. The molecule has 2 heterocycles. The van der Waals surface area contributed by atoms with E-state index in [2.05, 4.69) is 0 Å². The molecule has 0 aromatic carbocycles. The van der Waals surface area contributed by atoms with E-state index < -0.39 is 79.9 Å². The van der Waals surface area contributed by atoms with Crippen molar-refractivity contribution in [3.8, 4) is 0 Å². The molecular formula is C18H33N2O12. The maximum atomic E-state index is 11.6. The summed E-state index contributed by atoms with van der Waals surface area (Å²) in [5.41, 5.74) is 2.69. The van der Waals surface area contributed by atoms with Gasteiger partial charge in [-0.2, -0.15) is 0 Å². The standard InChI is InChI=1S/C18H33N2O12/c19-4-2-1-3-8(5-21)20(30)18(16(29)14(27)12(25)10(7-23)32-18)17-15(28)13(26)11(24)9(6-22)31-17/h8-17,22-30H,1-4,6-7,19H2/t8-,9+,10+,11+,12-,13-,14-,15+,16+,17?,18?/m0/s1. The highest BCUT2D eigenvalue weighted by molar-refractivity contribution is 5.58. The van der Waals surface area contributed by atoms with Crippen molar-refractivity contribution in [2.75, 3.05) is 19.8 Å². The quantitative estimate of drug-likeness (QED) is 0.106. The summed E-state index contributed by atoms with van der Waals surface area (Å²) in [6.45, 7) is -1.49. The number of hydrogen-bond donors (Lipinski definition) is 10. The summed E-state index contributed by atoms with van der Waals surface area (Å²) < 4.78 is 11.0. The number of ether oxygens (including phenoxy) is 2. The first-order valence-corrected chi connectivity index (χ1v) is 10.3. The van der Waals surface area contributed by atoms with Crippen LogP contribution in [0.15, 0.2) is 0 Å². The fraction of sp³-hybridized carbons (Fsp3) is 0.944. The van der Waals surface area contributed by atoms with E-state index in [9.17, 15) is 50.9 Å². The van der Waals surface area contributed by atoms with Gasteiger partial charge < -0.3 is 61.3 Å². The van der Waals surface area contributed by atoms with Gasteiger partial charge in [0.2, 0.25) is 12.0 Å². The number of unbranched alkanes of at least 4 members (excludes halogenated alkanes) is 1. The Labute approximate surface area is 184 Å². The molecule has 2 fully saturated rings. The minimum absolute atomic E-state index is 0.0606. The number of hydrogen-bond acceptors (Lipinski definition) is 14.